The zero-order chi connectivity index (χ0) is 14.6. The smallest absolute Gasteiger partial charge is 0.317 e. The minimum atomic E-state index is -0.756. The van der Waals surface area contributed by atoms with Gasteiger partial charge in [-0.2, -0.15) is 0 Å². The van der Waals surface area contributed by atoms with Crippen LogP contribution in [0.15, 0.2) is 0 Å². The van der Waals surface area contributed by atoms with Gasteiger partial charge in [-0.1, -0.05) is 19.3 Å². The topological polar surface area (TPSA) is 69.6 Å². The molecule has 2 saturated carbocycles. The summed E-state index contributed by atoms with van der Waals surface area (Å²) in [4.78, 5) is 25.0. The van der Waals surface area contributed by atoms with E-state index in [1.54, 1.807) is 4.90 Å². The molecule has 0 heterocycles. The van der Waals surface area contributed by atoms with Gasteiger partial charge in [0.15, 0.2) is 0 Å². The van der Waals surface area contributed by atoms with E-state index in [4.69, 9.17) is 5.11 Å². The van der Waals surface area contributed by atoms with Gasteiger partial charge in [0.05, 0.1) is 6.42 Å². The average molecular weight is 282 g/mol. The van der Waals surface area contributed by atoms with Crippen LogP contribution in [0.2, 0.25) is 0 Å². The predicted molar refractivity (Wildman–Crippen MR) is 76.6 cm³/mol. The predicted octanol–water partition coefficient (Wildman–Crippen LogP) is 2.61. The maximum Gasteiger partial charge on any atom is 0.317 e. The van der Waals surface area contributed by atoms with E-state index >= 15 is 0 Å². The van der Waals surface area contributed by atoms with E-state index in [2.05, 4.69) is 5.32 Å². The number of nitrogens with one attached hydrogen (secondary N) is 1. The molecule has 0 atom stereocenters. The summed E-state index contributed by atoms with van der Waals surface area (Å²) in [5.41, 5.74) is -0.236. The minimum absolute atomic E-state index is 0.0509. The van der Waals surface area contributed by atoms with Gasteiger partial charge < -0.3 is 15.3 Å². The third-order valence-corrected chi connectivity index (χ3v) is 5.00. The van der Waals surface area contributed by atoms with Crippen molar-refractivity contribution >= 4 is 12.0 Å². The Morgan fingerprint density at radius 3 is 2.35 bits per heavy atom. The molecule has 0 spiro atoms. The molecule has 2 aliphatic carbocycles. The number of carboxylic acids is 1. The third-order valence-electron chi connectivity index (χ3n) is 5.00. The van der Waals surface area contributed by atoms with Gasteiger partial charge in [0.1, 0.15) is 0 Å². The molecule has 2 rings (SSSR count). The van der Waals surface area contributed by atoms with E-state index in [0.29, 0.717) is 12.6 Å². The van der Waals surface area contributed by atoms with Crippen LogP contribution in [0.3, 0.4) is 0 Å². The molecule has 2 amide bonds. The highest BCUT2D eigenvalue weighted by Gasteiger charge is 2.35. The molecule has 0 aromatic rings. The molecule has 0 aromatic carbocycles. The lowest BCUT2D eigenvalue weighted by atomic mass is 9.72. The SMILES string of the molecule is CN(C(=O)NCC1(CC(=O)O)CCCCC1)C1CCC1. The van der Waals surface area contributed by atoms with Crippen LogP contribution in [0.25, 0.3) is 0 Å². The fraction of sp³-hybridized carbons (Fsp3) is 0.867. The Balaban J connectivity index is 1.87. The van der Waals surface area contributed by atoms with Crippen molar-refractivity contribution in [3.05, 3.63) is 0 Å². The summed E-state index contributed by atoms with van der Waals surface area (Å²) in [6.45, 7) is 0.495. The molecule has 0 saturated heterocycles. The maximum atomic E-state index is 12.1. The minimum Gasteiger partial charge on any atom is -0.481 e. The Bertz CT molecular complexity index is 360. The number of hydrogen-bond acceptors (Lipinski definition) is 2. The number of urea groups is 1. The lowest BCUT2D eigenvalue weighted by molar-refractivity contribution is -0.140. The van der Waals surface area contributed by atoms with Gasteiger partial charge in [-0.3, -0.25) is 4.79 Å². The number of aliphatic carboxylic acids is 1. The zero-order valence-corrected chi connectivity index (χ0v) is 12.4. The number of carbonyl (C=O) groups is 2. The molecular weight excluding hydrogens is 256 g/mol. The van der Waals surface area contributed by atoms with Crippen LogP contribution in [0.5, 0.6) is 0 Å². The van der Waals surface area contributed by atoms with Crippen LogP contribution in [0.1, 0.15) is 57.8 Å². The van der Waals surface area contributed by atoms with E-state index in [0.717, 1.165) is 38.5 Å². The molecule has 114 valence electrons. The van der Waals surface area contributed by atoms with Crippen molar-refractivity contribution in [3.63, 3.8) is 0 Å². The van der Waals surface area contributed by atoms with Gasteiger partial charge in [0.2, 0.25) is 0 Å². The second-order valence-corrected chi connectivity index (χ2v) is 6.49. The van der Waals surface area contributed by atoms with E-state index in [1.165, 1.54) is 12.8 Å². The molecule has 5 nitrogen and oxygen atoms in total. The molecule has 0 radical (unpaired) electrons. The number of amides is 2. The lowest BCUT2D eigenvalue weighted by Gasteiger charge is -2.38. The quantitative estimate of drug-likeness (QED) is 0.814. The monoisotopic (exact) mass is 282 g/mol. The number of rotatable bonds is 5. The van der Waals surface area contributed by atoms with Gasteiger partial charge in [-0.05, 0) is 37.5 Å². The first kappa shape index (κ1) is 15.1. The molecule has 0 unspecified atom stereocenters. The van der Waals surface area contributed by atoms with Crippen molar-refractivity contribution in [2.45, 2.75) is 63.8 Å². The molecule has 0 bridgehead atoms. The summed E-state index contributed by atoms with van der Waals surface area (Å²) in [5.74, 6) is -0.756. The normalized spacial score (nSPS) is 21.9. The number of carboxylic acid groups (broad SMARTS) is 1. The Morgan fingerprint density at radius 2 is 1.85 bits per heavy atom. The number of nitrogens with zero attached hydrogens (tertiary/aromatic N) is 1. The Kier molecular flexibility index (Phi) is 4.89. The van der Waals surface area contributed by atoms with Gasteiger partial charge in [0, 0.05) is 19.6 Å². The fourth-order valence-corrected chi connectivity index (χ4v) is 3.37. The van der Waals surface area contributed by atoms with E-state index in [1.807, 2.05) is 7.05 Å². The van der Waals surface area contributed by atoms with Gasteiger partial charge in [-0.25, -0.2) is 4.79 Å². The Hall–Kier alpha value is -1.26. The number of hydrogen-bond donors (Lipinski definition) is 2. The van der Waals surface area contributed by atoms with Crippen LogP contribution < -0.4 is 5.32 Å². The highest BCUT2D eigenvalue weighted by molar-refractivity contribution is 5.74. The molecule has 0 aliphatic heterocycles. The summed E-state index contributed by atoms with van der Waals surface area (Å²) < 4.78 is 0. The Morgan fingerprint density at radius 1 is 1.20 bits per heavy atom. The summed E-state index contributed by atoms with van der Waals surface area (Å²) in [5, 5.41) is 12.1. The highest BCUT2D eigenvalue weighted by Crippen LogP contribution is 2.38. The van der Waals surface area contributed by atoms with Crippen LogP contribution >= 0.6 is 0 Å². The van der Waals surface area contributed by atoms with Crippen molar-refractivity contribution in [2.75, 3.05) is 13.6 Å². The molecular formula is C15H26N2O3. The fourth-order valence-electron chi connectivity index (χ4n) is 3.37. The number of carbonyl (C=O) groups excluding carboxylic acids is 1. The van der Waals surface area contributed by atoms with Crippen molar-refractivity contribution in [1.29, 1.82) is 0 Å². The first-order valence-corrected chi connectivity index (χ1v) is 7.75. The highest BCUT2D eigenvalue weighted by atomic mass is 16.4. The van der Waals surface area contributed by atoms with E-state index in [9.17, 15) is 9.59 Å². The average Bonchev–Trinajstić information content (AvgIpc) is 2.34. The maximum absolute atomic E-state index is 12.1. The Labute approximate surface area is 120 Å². The standard InChI is InChI=1S/C15H26N2O3/c1-17(12-6-5-7-12)14(20)16-11-15(10-13(18)19)8-3-2-4-9-15/h12H,2-11H2,1H3,(H,16,20)(H,18,19). The molecule has 5 heteroatoms. The molecule has 20 heavy (non-hydrogen) atoms. The van der Waals surface area contributed by atoms with Gasteiger partial charge >= 0.3 is 12.0 Å². The van der Waals surface area contributed by atoms with Crippen LogP contribution in [-0.2, 0) is 4.79 Å². The van der Waals surface area contributed by atoms with Crippen molar-refractivity contribution in [2.24, 2.45) is 5.41 Å². The zero-order valence-electron chi connectivity index (χ0n) is 12.4. The van der Waals surface area contributed by atoms with E-state index < -0.39 is 5.97 Å². The van der Waals surface area contributed by atoms with Crippen LogP contribution in [-0.4, -0.2) is 41.6 Å². The second-order valence-electron chi connectivity index (χ2n) is 6.49. The summed E-state index contributed by atoms with van der Waals surface area (Å²) >= 11 is 0. The van der Waals surface area contributed by atoms with Crippen LogP contribution in [0, 0.1) is 5.41 Å². The first-order chi connectivity index (χ1) is 9.52. The summed E-state index contributed by atoms with van der Waals surface area (Å²) in [6, 6.07) is 0.321. The van der Waals surface area contributed by atoms with E-state index in [-0.39, 0.29) is 17.9 Å². The third kappa shape index (κ3) is 3.64. The molecule has 2 fully saturated rings. The second kappa shape index (κ2) is 6.46. The van der Waals surface area contributed by atoms with Gasteiger partial charge in [-0.15, -0.1) is 0 Å². The van der Waals surface area contributed by atoms with Crippen LogP contribution in [0.4, 0.5) is 4.79 Å². The molecule has 2 aliphatic rings. The molecule has 2 N–H and O–H groups in total. The van der Waals surface area contributed by atoms with Crippen molar-refractivity contribution in [1.82, 2.24) is 10.2 Å². The lowest BCUT2D eigenvalue weighted by Crippen LogP contribution is -2.49. The largest absolute Gasteiger partial charge is 0.481 e. The molecule has 0 aromatic heterocycles. The van der Waals surface area contributed by atoms with Crippen molar-refractivity contribution in [3.8, 4) is 0 Å². The van der Waals surface area contributed by atoms with Gasteiger partial charge in [0.25, 0.3) is 0 Å². The van der Waals surface area contributed by atoms with Crippen molar-refractivity contribution < 1.29 is 14.7 Å². The first-order valence-electron chi connectivity index (χ1n) is 7.75. The summed E-state index contributed by atoms with van der Waals surface area (Å²) in [7, 11) is 1.84. The summed E-state index contributed by atoms with van der Waals surface area (Å²) in [6.07, 6.45) is 8.68.